The summed E-state index contributed by atoms with van der Waals surface area (Å²) in [6.07, 6.45) is 4.98. The highest BCUT2D eigenvalue weighted by Crippen LogP contribution is 2.32. The fourth-order valence-electron chi connectivity index (χ4n) is 4.37. The molecular weight excluding hydrogens is 558 g/mol. The Labute approximate surface area is 243 Å². The van der Waals surface area contributed by atoms with Crippen molar-refractivity contribution in [3.05, 3.63) is 113 Å². The van der Waals surface area contributed by atoms with Gasteiger partial charge in [0.25, 0.3) is 5.91 Å². The number of carbonyl (C=O) groups is 1. The summed E-state index contributed by atoms with van der Waals surface area (Å²) in [6, 6.07) is 18.8. The van der Waals surface area contributed by atoms with Crippen LogP contribution < -0.4 is 16.0 Å². The van der Waals surface area contributed by atoms with Crippen LogP contribution in [0, 0.1) is 11.6 Å². The van der Waals surface area contributed by atoms with Gasteiger partial charge in [0, 0.05) is 47.2 Å². The standard InChI is InChI=1S/C30H24F2N8OS/c1-40-12-10-27(39-40)38-29-22-14-19(5-8-25(22)36-17-37-29)26-9-6-20(42-26)16-34-28-21(3-2-11-33-28)30(41)35-15-18-4-7-23(31)24(32)13-18/h2-14,17H,15-16H2,1H3,(H,33,34)(H,35,41)(H,36,37,38,39). The number of amides is 1. The third-order valence-electron chi connectivity index (χ3n) is 6.46. The number of carbonyl (C=O) groups excluding carboxylic acids is 1. The number of aryl methyl sites for hydroxylation is 1. The zero-order valence-electron chi connectivity index (χ0n) is 22.3. The molecule has 0 aliphatic rings. The van der Waals surface area contributed by atoms with E-state index >= 15 is 0 Å². The molecule has 6 rings (SSSR count). The van der Waals surface area contributed by atoms with Crippen molar-refractivity contribution < 1.29 is 13.6 Å². The molecule has 9 nitrogen and oxygen atoms in total. The van der Waals surface area contributed by atoms with Crippen LogP contribution in [-0.2, 0) is 20.1 Å². The Hall–Kier alpha value is -5.23. The lowest BCUT2D eigenvalue weighted by Crippen LogP contribution is -2.24. The van der Waals surface area contributed by atoms with Crippen molar-refractivity contribution in [1.29, 1.82) is 0 Å². The molecule has 0 fully saturated rings. The number of hydrogen-bond acceptors (Lipinski definition) is 8. The van der Waals surface area contributed by atoms with Gasteiger partial charge in [0.05, 0.1) is 17.6 Å². The van der Waals surface area contributed by atoms with E-state index in [0.29, 0.717) is 35.1 Å². The van der Waals surface area contributed by atoms with Crippen LogP contribution in [0.5, 0.6) is 0 Å². The highest BCUT2D eigenvalue weighted by Gasteiger charge is 2.14. The number of thiophene rings is 1. The topological polar surface area (TPSA) is 110 Å². The summed E-state index contributed by atoms with van der Waals surface area (Å²) in [5.74, 6) is -0.486. The highest BCUT2D eigenvalue weighted by molar-refractivity contribution is 7.15. The summed E-state index contributed by atoms with van der Waals surface area (Å²) in [6.45, 7) is 0.503. The molecule has 6 aromatic rings. The van der Waals surface area contributed by atoms with E-state index in [0.717, 1.165) is 38.4 Å². The van der Waals surface area contributed by atoms with Crippen molar-refractivity contribution in [2.24, 2.45) is 7.05 Å². The Morgan fingerprint density at radius 1 is 0.929 bits per heavy atom. The van der Waals surface area contributed by atoms with Gasteiger partial charge in [0.1, 0.15) is 18.0 Å². The molecule has 0 atom stereocenters. The predicted molar refractivity (Wildman–Crippen MR) is 158 cm³/mol. The number of halogens is 2. The van der Waals surface area contributed by atoms with Crippen LogP contribution in [0.3, 0.4) is 0 Å². The lowest BCUT2D eigenvalue weighted by Gasteiger charge is -2.11. The number of anilines is 3. The average molecular weight is 583 g/mol. The molecule has 3 N–H and O–H groups in total. The Morgan fingerprint density at radius 3 is 2.67 bits per heavy atom. The SMILES string of the molecule is Cn1ccc(Nc2ncnc3ccc(-c4ccc(CNc5ncccc5C(=O)NCc5ccc(F)c(F)c5)s4)cc23)n1. The maximum atomic E-state index is 13.5. The van der Waals surface area contributed by atoms with Crippen LogP contribution in [0.1, 0.15) is 20.8 Å². The zero-order valence-corrected chi connectivity index (χ0v) is 23.1. The van der Waals surface area contributed by atoms with Gasteiger partial charge in [-0.15, -0.1) is 11.3 Å². The Bertz CT molecular complexity index is 1900. The van der Waals surface area contributed by atoms with E-state index in [9.17, 15) is 13.6 Å². The van der Waals surface area contributed by atoms with Gasteiger partial charge in [-0.2, -0.15) is 5.10 Å². The van der Waals surface area contributed by atoms with Crippen molar-refractivity contribution in [1.82, 2.24) is 30.0 Å². The molecule has 4 aromatic heterocycles. The summed E-state index contributed by atoms with van der Waals surface area (Å²) >= 11 is 1.62. The molecule has 4 heterocycles. The first-order valence-corrected chi connectivity index (χ1v) is 13.8. The number of aromatic nitrogens is 5. The minimum absolute atomic E-state index is 0.0501. The summed E-state index contributed by atoms with van der Waals surface area (Å²) in [4.78, 5) is 28.1. The number of nitrogens with one attached hydrogen (secondary N) is 3. The van der Waals surface area contributed by atoms with Gasteiger partial charge in [0.15, 0.2) is 17.5 Å². The third kappa shape index (κ3) is 5.93. The smallest absolute Gasteiger partial charge is 0.255 e. The van der Waals surface area contributed by atoms with E-state index < -0.39 is 11.6 Å². The van der Waals surface area contributed by atoms with Gasteiger partial charge < -0.3 is 16.0 Å². The minimum atomic E-state index is -0.959. The second-order valence-electron chi connectivity index (χ2n) is 9.40. The van der Waals surface area contributed by atoms with Crippen molar-refractivity contribution in [3.63, 3.8) is 0 Å². The first kappa shape index (κ1) is 27.0. The van der Waals surface area contributed by atoms with Crippen LogP contribution >= 0.6 is 11.3 Å². The first-order chi connectivity index (χ1) is 20.4. The van der Waals surface area contributed by atoms with Crippen molar-refractivity contribution in [3.8, 4) is 10.4 Å². The lowest BCUT2D eigenvalue weighted by atomic mass is 10.1. The molecule has 42 heavy (non-hydrogen) atoms. The van der Waals surface area contributed by atoms with Crippen molar-refractivity contribution in [2.75, 3.05) is 10.6 Å². The predicted octanol–water partition coefficient (Wildman–Crippen LogP) is 6.05. The summed E-state index contributed by atoms with van der Waals surface area (Å²) < 4.78 is 28.4. The Balaban J connectivity index is 1.15. The molecule has 12 heteroatoms. The van der Waals surface area contributed by atoms with E-state index in [1.54, 1.807) is 34.3 Å². The van der Waals surface area contributed by atoms with E-state index in [-0.39, 0.29) is 12.5 Å². The van der Waals surface area contributed by atoms with E-state index in [1.165, 1.54) is 12.4 Å². The quantitative estimate of drug-likeness (QED) is 0.190. The number of benzene rings is 2. The molecule has 2 aromatic carbocycles. The molecule has 0 spiro atoms. The molecule has 0 bridgehead atoms. The van der Waals surface area contributed by atoms with Crippen molar-refractivity contribution in [2.45, 2.75) is 13.1 Å². The van der Waals surface area contributed by atoms with Crippen LogP contribution in [0.2, 0.25) is 0 Å². The van der Waals surface area contributed by atoms with Crippen molar-refractivity contribution >= 4 is 45.6 Å². The maximum Gasteiger partial charge on any atom is 0.255 e. The Kier molecular flexibility index (Phi) is 7.52. The molecule has 0 aliphatic heterocycles. The molecule has 1 amide bonds. The van der Waals surface area contributed by atoms with Crippen LogP contribution in [0.25, 0.3) is 21.3 Å². The molecule has 210 valence electrons. The lowest BCUT2D eigenvalue weighted by molar-refractivity contribution is 0.0951. The third-order valence-corrected chi connectivity index (χ3v) is 7.60. The molecule has 0 saturated carbocycles. The second kappa shape index (κ2) is 11.7. The van der Waals surface area contributed by atoms with Gasteiger partial charge in [-0.1, -0.05) is 12.1 Å². The van der Waals surface area contributed by atoms with Gasteiger partial charge in [0.2, 0.25) is 0 Å². The number of fused-ring (bicyclic) bond motifs is 1. The Morgan fingerprint density at radius 2 is 1.83 bits per heavy atom. The highest BCUT2D eigenvalue weighted by atomic mass is 32.1. The minimum Gasteiger partial charge on any atom is -0.365 e. The summed E-state index contributed by atoms with van der Waals surface area (Å²) in [7, 11) is 1.85. The zero-order chi connectivity index (χ0) is 29.1. The second-order valence-corrected chi connectivity index (χ2v) is 10.6. The molecule has 0 radical (unpaired) electrons. The van der Waals surface area contributed by atoms with Gasteiger partial charge in [-0.25, -0.2) is 23.7 Å². The van der Waals surface area contributed by atoms with Gasteiger partial charge in [-0.3, -0.25) is 9.48 Å². The van der Waals surface area contributed by atoms with E-state index in [2.05, 4.69) is 42.1 Å². The van der Waals surface area contributed by atoms with E-state index in [4.69, 9.17) is 0 Å². The van der Waals surface area contributed by atoms with E-state index in [1.807, 2.05) is 43.6 Å². The monoisotopic (exact) mass is 582 g/mol. The maximum absolute atomic E-state index is 13.5. The fraction of sp³-hybridized carbons (Fsp3) is 0.100. The molecule has 0 saturated heterocycles. The largest absolute Gasteiger partial charge is 0.365 e. The van der Waals surface area contributed by atoms with Gasteiger partial charge in [-0.05, 0) is 59.7 Å². The fourth-order valence-corrected chi connectivity index (χ4v) is 5.31. The summed E-state index contributed by atoms with van der Waals surface area (Å²) in [5.41, 5.74) is 2.63. The molecule has 0 unspecified atom stereocenters. The number of pyridine rings is 1. The molecule has 0 aliphatic carbocycles. The normalized spacial score (nSPS) is 11.0. The first-order valence-electron chi connectivity index (χ1n) is 12.9. The van der Waals surface area contributed by atoms with Gasteiger partial charge >= 0.3 is 0 Å². The summed E-state index contributed by atoms with van der Waals surface area (Å²) in [5, 5.41) is 14.5. The number of nitrogens with zero attached hydrogens (tertiary/aromatic N) is 5. The van der Waals surface area contributed by atoms with Crippen LogP contribution in [0.15, 0.2) is 85.5 Å². The number of hydrogen-bond donors (Lipinski definition) is 3. The van der Waals surface area contributed by atoms with Crippen LogP contribution in [0.4, 0.5) is 26.2 Å². The average Bonchev–Trinajstić information content (AvgIpc) is 3.65. The molecular formula is C30H24F2N8OS. The van der Waals surface area contributed by atoms with Crippen LogP contribution in [-0.4, -0.2) is 30.6 Å². The number of rotatable bonds is 9.